The first-order valence-electron chi connectivity index (χ1n) is 11.1. The number of aliphatic hydroxyl groups is 1. The van der Waals surface area contributed by atoms with Crippen molar-refractivity contribution in [3.05, 3.63) is 95.1 Å². The number of aromatic nitrogens is 1. The molecule has 0 spiro atoms. The summed E-state index contributed by atoms with van der Waals surface area (Å²) < 4.78 is 19.2. The SMILES string of the molecule is CCOc1ccc(/C(O)=C2/C(=O)C(=O)N(c3ccc(F)cc3)C2c2ccccn2)cc1C(C)C. The van der Waals surface area contributed by atoms with Gasteiger partial charge in [-0.25, -0.2) is 4.39 Å². The largest absolute Gasteiger partial charge is 0.507 e. The summed E-state index contributed by atoms with van der Waals surface area (Å²) >= 11 is 0. The van der Waals surface area contributed by atoms with Crippen LogP contribution < -0.4 is 9.64 Å². The molecule has 1 fully saturated rings. The van der Waals surface area contributed by atoms with Crippen molar-refractivity contribution in [2.24, 2.45) is 0 Å². The van der Waals surface area contributed by atoms with Crippen LogP contribution in [0.1, 0.15) is 49.6 Å². The number of hydrogen-bond donors (Lipinski definition) is 1. The molecule has 6 nitrogen and oxygen atoms in total. The second-order valence-corrected chi connectivity index (χ2v) is 8.24. The highest BCUT2D eigenvalue weighted by Gasteiger charge is 2.47. The molecular weight excluding hydrogens is 435 g/mol. The maximum absolute atomic E-state index is 13.5. The maximum atomic E-state index is 13.5. The first-order valence-corrected chi connectivity index (χ1v) is 11.1. The van der Waals surface area contributed by atoms with Gasteiger partial charge < -0.3 is 9.84 Å². The number of amides is 1. The van der Waals surface area contributed by atoms with E-state index < -0.39 is 23.5 Å². The molecule has 1 atom stereocenters. The first kappa shape index (κ1) is 23.2. The molecule has 1 aromatic heterocycles. The van der Waals surface area contributed by atoms with Crippen LogP contribution in [0.25, 0.3) is 5.76 Å². The summed E-state index contributed by atoms with van der Waals surface area (Å²) in [6, 6.07) is 14.6. The van der Waals surface area contributed by atoms with Gasteiger partial charge in [0.15, 0.2) is 0 Å². The number of benzene rings is 2. The van der Waals surface area contributed by atoms with E-state index in [1.807, 2.05) is 20.8 Å². The number of aliphatic hydroxyl groups excluding tert-OH is 1. The molecule has 1 N–H and O–H groups in total. The first-order chi connectivity index (χ1) is 16.3. The van der Waals surface area contributed by atoms with E-state index in [0.717, 1.165) is 5.56 Å². The zero-order valence-electron chi connectivity index (χ0n) is 19.2. The molecule has 1 amide bonds. The molecule has 4 rings (SSSR count). The maximum Gasteiger partial charge on any atom is 0.300 e. The normalized spacial score (nSPS) is 17.4. The van der Waals surface area contributed by atoms with Crippen LogP contribution in [0.2, 0.25) is 0 Å². The lowest BCUT2D eigenvalue weighted by molar-refractivity contribution is -0.132. The van der Waals surface area contributed by atoms with E-state index in [-0.39, 0.29) is 17.3 Å². The Bertz CT molecular complexity index is 1250. The van der Waals surface area contributed by atoms with Crippen molar-refractivity contribution in [1.29, 1.82) is 0 Å². The van der Waals surface area contributed by atoms with Gasteiger partial charge in [-0.15, -0.1) is 0 Å². The Balaban J connectivity index is 1.91. The fourth-order valence-electron chi connectivity index (χ4n) is 4.11. The summed E-state index contributed by atoms with van der Waals surface area (Å²) in [5, 5.41) is 11.3. The zero-order valence-corrected chi connectivity index (χ0v) is 19.2. The van der Waals surface area contributed by atoms with Gasteiger partial charge in [0.1, 0.15) is 23.4 Å². The number of ether oxygens (including phenoxy) is 1. The second kappa shape index (κ2) is 9.47. The van der Waals surface area contributed by atoms with Crippen molar-refractivity contribution in [3.8, 4) is 5.75 Å². The Morgan fingerprint density at radius 3 is 2.47 bits per heavy atom. The molecule has 1 saturated heterocycles. The summed E-state index contributed by atoms with van der Waals surface area (Å²) in [7, 11) is 0. The lowest BCUT2D eigenvalue weighted by atomic mass is 9.94. The average Bonchev–Trinajstić information content (AvgIpc) is 3.10. The number of nitrogens with zero attached hydrogens (tertiary/aromatic N) is 2. The van der Waals surface area contributed by atoms with Gasteiger partial charge in [0.25, 0.3) is 11.7 Å². The van der Waals surface area contributed by atoms with Crippen molar-refractivity contribution < 1.29 is 23.8 Å². The third-order valence-electron chi connectivity index (χ3n) is 5.72. The molecule has 7 heteroatoms. The lowest BCUT2D eigenvalue weighted by Crippen LogP contribution is -2.29. The molecule has 3 aromatic rings. The summed E-state index contributed by atoms with van der Waals surface area (Å²) in [6.45, 7) is 6.39. The van der Waals surface area contributed by atoms with Gasteiger partial charge >= 0.3 is 0 Å². The number of Topliss-reactive ketones (excluding diaryl/α,β-unsaturated/α-hetero) is 1. The summed E-state index contributed by atoms with van der Waals surface area (Å²) in [5.41, 5.74) is 1.92. The van der Waals surface area contributed by atoms with Crippen molar-refractivity contribution in [2.45, 2.75) is 32.7 Å². The van der Waals surface area contributed by atoms with E-state index in [4.69, 9.17) is 4.74 Å². The summed E-state index contributed by atoms with van der Waals surface area (Å²) in [4.78, 5) is 31.9. The molecule has 0 radical (unpaired) electrons. The Labute approximate surface area is 197 Å². The van der Waals surface area contributed by atoms with Crippen LogP contribution in [0.5, 0.6) is 5.75 Å². The fourth-order valence-corrected chi connectivity index (χ4v) is 4.11. The number of anilines is 1. The number of pyridine rings is 1. The van der Waals surface area contributed by atoms with Crippen LogP contribution >= 0.6 is 0 Å². The van der Waals surface area contributed by atoms with Crippen LogP contribution in [0.3, 0.4) is 0 Å². The van der Waals surface area contributed by atoms with Crippen molar-refractivity contribution in [1.82, 2.24) is 4.98 Å². The van der Waals surface area contributed by atoms with Crippen LogP contribution in [0, 0.1) is 5.82 Å². The molecule has 174 valence electrons. The van der Waals surface area contributed by atoms with Gasteiger partial charge in [-0.05, 0) is 73.0 Å². The predicted molar refractivity (Wildman–Crippen MR) is 127 cm³/mol. The van der Waals surface area contributed by atoms with Crippen molar-refractivity contribution >= 4 is 23.1 Å². The van der Waals surface area contributed by atoms with E-state index in [1.54, 1.807) is 42.6 Å². The molecule has 0 aliphatic carbocycles. The minimum atomic E-state index is -0.972. The summed E-state index contributed by atoms with van der Waals surface area (Å²) in [5.74, 6) is -1.63. The van der Waals surface area contributed by atoms with E-state index >= 15 is 0 Å². The van der Waals surface area contributed by atoms with Crippen LogP contribution in [0.15, 0.2) is 72.4 Å². The Morgan fingerprint density at radius 2 is 1.85 bits per heavy atom. The number of rotatable bonds is 6. The highest BCUT2D eigenvalue weighted by Crippen LogP contribution is 2.42. The fraction of sp³-hybridized carbons (Fsp3) is 0.222. The molecule has 1 aliphatic heterocycles. The standard InChI is InChI=1S/C27H25FN2O4/c1-4-34-22-13-8-17(15-20(22)16(2)3)25(31)23-24(21-7-5-6-14-29-21)30(27(33)26(23)32)19-11-9-18(28)10-12-19/h5-16,24,31H,4H2,1-3H3/b25-23-. The lowest BCUT2D eigenvalue weighted by Gasteiger charge is -2.24. The highest BCUT2D eigenvalue weighted by atomic mass is 19.1. The smallest absolute Gasteiger partial charge is 0.300 e. The molecule has 2 heterocycles. The Morgan fingerprint density at radius 1 is 1.12 bits per heavy atom. The van der Waals surface area contributed by atoms with Gasteiger partial charge in [0, 0.05) is 17.4 Å². The number of ketones is 1. The van der Waals surface area contributed by atoms with Gasteiger partial charge in [0.2, 0.25) is 0 Å². The van der Waals surface area contributed by atoms with Gasteiger partial charge in [-0.1, -0.05) is 19.9 Å². The average molecular weight is 461 g/mol. The van der Waals surface area contributed by atoms with Crippen LogP contribution in [-0.4, -0.2) is 28.4 Å². The summed E-state index contributed by atoms with van der Waals surface area (Å²) in [6.07, 6.45) is 1.55. The Kier molecular flexibility index (Phi) is 6.45. The van der Waals surface area contributed by atoms with Crippen LogP contribution in [0.4, 0.5) is 10.1 Å². The molecule has 2 aromatic carbocycles. The predicted octanol–water partition coefficient (Wildman–Crippen LogP) is 5.37. The number of carbonyl (C=O) groups excluding carboxylic acids is 2. The van der Waals surface area contributed by atoms with Gasteiger partial charge in [-0.3, -0.25) is 19.5 Å². The molecular formula is C27H25FN2O4. The molecule has 1 aliphatic rings. The minimum absolute atomic E-state index is 0.0770. The topological polar surface area (TPSA) is 79.7 Å². The number of halogens is 1. The minimum Gasteiger partial charge on any atom is -0.507 e. The third-order valence-corrected chi connectivity index (χ3v) is 5.72. The van der Waals surface area contributed by atoms with E-state index in [9.17, 15) is 19.1 Å². The Hall–Kier alpha value is -4.00. The second-order valence-electron chi connectivity index (χ2n) is 8.24. The van der Waals surface area contributed by atoms with Crippen molar-refractivity contribution in [3.63, 3.8) is 0 Å². The molecule has 34 heavy (non-hydrogen) atoms. The van der Waals surface area contributed by atoms with Crippen LogP contribution in [-0.2, 0) is 9.59 Å². The van der Waals surface area contributed by atoms with Gasteiger partial charge in [0.05, 0.1) is 17.9 Å². The van der Waals surface area contributed by atoms with E-state index in [1.165, 1.54) is 29.2 Å². The van der Waals surface area contributed by atoms with Gasteiger partial charge in [-0.2, -0.15) is 0 Å². The van der Waals surface area contributed by atoms with E-state index in [0.29, 0.717) is 29.3 Å². The molecule has 1 unspecified atom stereocenters. The quantitative estimate of drug-likeness (QED) is 0.304. The monoisotopic (exact) mass is 460 g/mol. The highest BCUT2D eigenvalue weighted by molar-refractivity contribution is 6.51. The third kappa shape index (κ3) is 4.17. The molecule has 0 saturated carbocycles. The number of carbonyl (C=O) groups is 2. The van der Waals surface area contributed by atoms with E-state index in [2.05, 4.69) is 4.98 Å². The number of hydrogen-bond acceptors (Lipinski definition) is 5. The molecule has 0 bridgehead atoms. The van der Waals surface area contributed by atoms with Crippen molar-refractivity contribution in [2.75, 3.05) is 11.5 Å². The zero-order chi connectivity index (χ0) is 24.4.